The lowest BCUT2D eigenvalue weighted by molar-refractivity contribution is -0.359. The van der Waals surface area contributed by atoms with Gasteiger partial charge in [-0.25, -0.2) is 0 Å². The van der Waals surface area contributed by atoms with Gasteiger partial charge in [0.25, 0.3) is 0 Å². The van der Waals surface area contributed by atoms with Crippen LogP contribution < -0.4 is 5.32 Å². The van der Waals surface area contributed by atoms with Gasteiger partial charge in [0, 0.05) is 6.42 Å². The van der Waals surface area contributed by atoms with Gasteiger partial charge in [0.1, 0.15) is 48.8 Å². The van der Waals surface area contributed by atoms with Gasteiger partial charge in [0.15, 0.2) is 12.6 Å². The molecule has 2 fully saturated rings. The minimum Gasteiger partial charge on any atom is -0.394 e. The summed E-state index contributed by atoms with van der Waals surface area (Å²) in [5.74, 6) is -0.251. The van der Waals surface area contributed by atoms with Crippen LogP contribution in [0.2, 0.25) is 0 Å². The number of rotatable bonds is 47. The summed E-state index contributed by atoms with van der Waals surface area (Å²) in [7, 11) is 0. The number of amides is 1. The van der Waals surface area contributed by atoms with Crippen LogP contribution in [0.15, 0.2) is 72.9 Å². The van der Waals surface area contributed by atoms with Crippen LogP contribution in [0, 0.1) is 0 Å². The first-order chi connectivity index (χ1) is 37.1. The summed E-state index contributed by atoms with van der Waals surface area (Å²) in [6, 6.07) is -0.933. The van der Waals surface area contributed by atoms with Crippen molar-refractivity contribution >= 4 is 5.91 Å². The van der Waals surface area contributed by atoms with E-state index in [1.165, 1.54) is 128 Å². The van der Waals surface area contributed by atoms with Crippen molar-refractivity contribution in [1.29, 1.82) is 0 Å². The Hall–Kier alpha value is -2.57. The highest BCUT2D eigenvalue weighted by molar-refractivity contribution is 5.76. The van der Waals surface area contributed by atoms with Gasteiger partial charge in [-0.1, -0.05) is 215 Å². The first-order valence-corrected chi connectivity index (χ1v) is 30.2. The average Bonchev–Trinajstić information content (AvgIpc) is 3.42. The van der Waals surface area contributed by atoms with E-state index in [1.807, 2.05) is 6.08 Å². The minimum absolute atomic E-state index is 0.251. The van der Waals surface area contributed by atoms with E-state index in [0.717, 1.165) is 57.8 Å². The number of ether oxygens (including phenoxy) is 4. The fourth-order valence-corrected chi connectivity index (χ4v) is 9.53. The Morgan fingerprint density at radius 1 is 0.487 bits per heavy atom. The third-order valence-corrected chi connectivity index (χ3v) is 14.4. The third-order valence-electron chi connectivity index (χ3n) is 14.4. The fourth-order valence-electron chi connectivity index (χ4n) is 9.53. The van der Waals surface area contributed by atoms with Crippen molar-refractivity contribution in [3.8, 4) is 0 Å². The Kier molecular flexibility index (Phi) is 43.2. The second-order valence-corrected chi connectivity index (χ2v) is 21.1. The first kappa shape index (κ1) is 69.5. The van der Waals surface area contributed by atoms with Crippen LogP contribution in [-0.2, 0) is 23.7 Å². The van der Waals surface area contributed by atoms with E-state index in [9.17, 15) is 45.6 Å². The van der Waals surface area contributed by atoms with Crippen LogP contribution in [0.3, 0.4) is 0 Å². The van der Waals surface area contributed by atoms with Crippen molar-refractivity contribution in [3.05, 3.63) is 72.9 Å². The van der Waals surface area contributed by atoms with E-state index in [-0.39, 0.29) is 18.9 Å². The Bertz CT molecular complexity index is 1550. The van der Waals surface area contributed by atoms with Gasteiger partial charge < -0.3 is 65.1 Å². The lowest BCUT2D eigenvalue weighted by atomic mass is 9.97. The Balaban J connectivity index is 1.69. The first-order valence-electron chi connectivity index (χ1n) is 30.2. The van der Waals surface area contributed by atoms with Gasteiger partial charge in [0.05, 0.1) is 32.0 Å². The summed E-state index contributed by atoms with van der Waals surface area (Å²) in [6.45, 7) is 2.65. The predicted octanol–water partition coefficient (Wildman–Crippen LogP) is 10.3. The maximum atomic E-state index is 13.2. The lowest BCUT2D eigenvalue weighted by Gasteiger charge is -2.46. The van der Waals surface area contributed by atoms with Crippen LogP contribution in [0.25, 0.3) is 0 Å². The molecule has 14 heteroatoms. The van der Waals surface area contributed by atoms with E-state index < -0.39 is 86.8 Å². The molecule has 0 aromatic heterocycles. The predicted molar refractivity (Wildman–Crippen MR) is 304 cm³/mol. The van der Waals surface area contributed by atoms with Crippen molar-refractivity contribution in [2.45, 2.75) is 293 Å². The second kappa shape index (κ2) is 47.3. The zero-order valence-electron chi connectivity index (χ0n) is 47.2. The number of carbonyl (C=O) groups is 1. The highest BCUT2D eigenvalue weighted by atomic mass is 16.7. The molecular formula is C62H109NO13. The molecule has 440 valence electrons. The normalized spacial score (nSPS) is 25.4. The summed E-state index contributed by atoms with van der Waals surface area (Å²) >= 11 is 0. The van der Waals surface area contributed by atoms with Crippen LogP contribution in [0.5, 0.6) is 0 Å². The highest BCUT2D eigenvalue weighted by Gasteiger charge is 2.51. The molecule has 0 radical (unpaired) electrons. The molecule has 0 saturated carbocycles. The van der Waals surface area contributed by atoms with Gasteiger partial charge in [-0.2, -0.15) is 0 Å². The van der Waals surface area contributed by atoms with Crippen LogP contribution in [-0.4, -0.2) is 140 Å². The molecule has 0 aromatic carbocycles. The molecular weight excluding hydrogens is 967 g/mol. The van der Waals surface area contributed by atoms with Crippen LogP contribution >= 0.6 is 0 Å². The summed E-state index contributed by atoms with van der Waals surface area (Å²) in [6.07, 6.45) is 45.3. The molecule has 0 aromatic rings. The number of nitrogens with one attached hydrogen (secondary N) is 1. The molecule has 12 atom stereocenters. The second-order valence-electron chi connectivity index (χ2n) is 21.1. The average molecular weight is 1080 g/mol. The zero-order chi connectivity index (χ0) is 55.3. The standard InChI is InChI=1S/C62H109NO13/c1-3-5-7-9-11-13-15-17-18-19-20-21-22-23-24-25-26-27-28-29-30-31-32-34-36-38-40-42-44-46-54(67)63-50(51(66)45-43-41-39-37-35-33-16-14-12-10-8-6-4-2)49-73-61-59(72)57(70)60(53(48-65)75-61)76-62-58(71)56(69)55(68)52(47-64)74-62/h5,7,11,13,17-18,20-21,35,37,43,45,50-53,55-62,64-66,68-72H,3-4,6,8-10,12,14-16,19,22-34,36,38-42,44,46-49H2,1-2H3,(H,63,67)/b7-5-,13-11-,18-17-,21-20-,37-35+,45-43+. The van der Waals surface area contributed by atoms with E-state index in [4.69, 9.17) is 18.9 Å². The molecule has 2 saturated heterocycles. The Morgan fingerprint density at radius 3 is 1.45 bits per heavy atom. The van der Waals surface area contributed by atoms with Crippen molar-refractivity contribution < 1.29 is 64.6 Å². The van der Waals surface area contributed by atoms with Gasteiger partial charge in [-0.05, 0) is 70.6 Å². The minimum atomic E-state index is -1.79. The van der Waals surface area contributed by atoms with Crippen LogP contribution in [0.1, 0.15) is 219 Å². The van der Waals surface area contributed by atoms with Gasteiger partial charge in [-0.15, -0.1) is 0 Å². The largest absolute Gasteiger partial charge is 0.394 e. The number of hydrogen-bond donors (Lipinski definition) is 9. The maximum Gasteiger partial charge on any atom is 0.220 e. The molecule has 2 aliphatic heterocycles. The summed E-state index contributed by atoms with van der Waals surface area (Å²) in [5, 5.41) is 87.0. The van der Waals surface area contributed by atoms with Gasteiger partial charge in [0.2, 0.25) is 5.91 Å². The van der Waals surface area contributed by atoms with Crippen molar-refractivity contribution in [2.24, 2.45) is 0 Å². The van der Waals surface area contributed by atoms with Crippen molar-refractivity contribution in [1.82, 2.24) is 5.32 Å². The molecule has 14 nitrogen and oxygen atoms in total. The maximum absolute atomic E-state index is 13.2. The number of allylic oxidation sites excluding steroid dienone is 11. The Morgan fingerprint density at radius 2 is 0.921 bits per heavy atom. The lowest BCUT2D eigenvalue weighted by Crippen LogP contribution is -2.65. The number of carbonyl (C=O) groups excluding carboxylic acids is 1. The molecule has 0 aliphatic carbocycles. The molecule has 9 N–H and O–H groups in total. The molecule has 2 heterocycles. The molecule has 12 unspecified atom stereocenters. The fraction of sp³-hybridized carbons (Fsp3) is 0.790. The topological polar surface area (TPSA) is 228 Å². The van der Waals surface area contributed by atoms with E-state index in [1.54, 1.807) is 6.08 Å². The van der Waals surface area contributed by atoms with Gasteiger partial charge >= 0.3 is 0 Å². The smallest absolute Gasteiger partial charge is 0.220 e. The molecule has 2 rings (SSSR count). The summed E-state index contributed by atoms with van der Waals surface area (Å²) < 4.78 is 22.7. The highest BCUT2D eigenvalue weighted by Crippen LogP contribution is 2.30. The number of hydrogen-bond acceptors (Lipinski definition) is 13. The number of aliphatic hydroxyl groups is 8. The van der Waals surface area contributed by atoms with Crippen molar-refractivity contribution in [3.63, 3.8) is 0 Å². The van der Waals surface area contributed by atoms with E-state index >= 15 is 0 Å². The van der Waals surface area contributed by atoms with E-state index in [0.29, 0.717) is 12.8 Å². The molecule has 2 aliphatic rings. The molecule has 0 bridgehead atoms. The monoisotopic (exact) mass is 1080 g/mol. The van der Waals surface area contributed by atoms with Crippen LogP contribution in [0.4, 0.5) is 0 Å². The SMILES string of the molecule is CC/C=C\C/C=C\C/C=C\C/C=C\CCCCCCCCCCCCCCCCCCC(=O)NC(COC1OC(CO)C(OC2OC(CO)C(O)C(O)C2O)C(O)C1O)C(O)/C=C/CC/C=C/CCCCCCCCC. The molecule has 76 heavy (non-hydrogen) atoms. The number of aliphatic hydroxyl groups excluding tert-OH is 8. The molecule has 1 amide bonds. The van der Waals surface area contributed by atoms with E-state index in [2.05, 4.69) is 79.9 Å². The zero-order valence-corrected chi connectivity index (χ0v) is 47.2. The third kappa shape index (κ3) is 32.5. The summed E-state index contributed by atoms with van der Waals surface area (Å²) in [4.78, 5) is 13.2. The van der Waals surface area contributed by atoms with Crippen molar-refractivity contribution in [2.75, 3.05) is 19.8 Å². The van der Waals surface area contributed by atoms with Gasteiger partial charge in [-0.3, -0.25) is 4.79 Å². The number of unbranched alkanes of at least 4 members (excludes halogenated alkanes) is 24. The molecule has 0 spiro atoms. The Labute approximate surface area is 459 Å². The summed E-state index contributed by atoms with van der Waals surface area (Å²) in [5.41, 5.74) is 0. The quantitative estimate of drug-likeness (QED) is 0.0204.